The molecule has 0 aliphatic rings. The van der Waals surface area contributed by atoms with E-state index in [1.807, 2.05) is 19.9 Å². The van der Waals surface area contributed by atoms with Crippen molar-refractivity contribution in [2.75, 3.05) is 0 Å². The molecular formula is C10H13N3OS. The molecule has 1 aromatic rings. The topological polar surface area (TPSA) is 72.3 Å². The third kappa shape index (κ3) is 2.51. The normalized spacial score (nSPS) is 9.80. The second-order valence-corrected chi connectivity index (χ2v) is 3.73. The summed E-state index contributed by atoms with van der Waals surface area (Å²) >= 11 is 4.61. The van der Waals surface area contributed by atoms with Crippen LogP contribution in [-0.2, 0) is 0 Å². The summed E-state index contributed by atoms with van der Waals surface area (Å²) in [6.07, 6.45) is 0. The highest BCUT2D eigenvalue weighted by Crippen LogP contribution is 2.10. The van der Waals surface area contributed by atoms with E-state index in [4.69, 9.17) is 11.6 Å². The summed E-state index contributed by atoms with van der Waals surface area (Å²) in [5, 5.41) is 0.623. The van der Waals surface area contributed by atoms with E-state index < -0.39 is 5.91 Å². The van der Waals surface area contributed by atoms with E-state index in [0.717, 1.165) is 16.1 Å². The van der Waals surface area contributed by atoms with Crippen molar-refractivity contribution < 1.29 is 4.79 Å². The Balaban J connectivity index is 3.02. The van der Waals surface area contributed by atoms with Crippen molar-refractivity contribution in [2.24, 2.45) is 11.6 Å². The highest BCUT2D eigenvalue weighted by molar-refractivity contribution is 7.80. The first-order valence-corrected chi connectivity index (χ1v) is 4.80. The van der Waals surface area contributed by atoms with E-state index in [-0.39, 0.29) is 5.11 Å². The second-order valence-electron chi connectivity index (χ2n) is 3.31. The first-order chi connectivity index (χ1) is 6.93. The molecule has 0 aliphatic heterocycles. The number of hydrogen-bond donors (Lipinski definition) is 2. The lowest BCUT2D eigenvalue weighted by Crippen LogP contribution is -2.45. The standard InChI is InChI=1S/C10H13N3OS/c1-6-3-4-8(5-7(6)2)9(14)13(12)10(11)15/h3-5H,12H2,1-2H3,(H2,11,15). The zero-order valence-corrected chi connectivity index (χ0v) is 9.47. The third-order valence-electron chi connectivity index (χ3n) is 2.21. The minimum atomic E-state index is -0.398. The molecule has 1 aromatic carbocycles. The zero-order valence-electron chi connectivity index (χ0n) is 8.65. The Morgan fingerprint density at radius 3 is 2.40 bits per heavy atom. The minimum Gasteiger partial charge on any atom is -0.375 e. The second kappa shape index (κ2) is 4.37. The van der Waals surface area contributed by atoms with Crippen LogP contribution in [0.3, 0.4) is 0 Å². The summed E-state index contributed by atoms with van der Waals surface area (Å²) in [5.41, 5.74) is 7.88. The molecule has 0 radical (unpaired) electrons. The SMILES string of the molecule is Cc1ccc(C(=O)N(N)C(N)=S)cc1C. The summed E-state index contributed by atoms with van der Waals surface area (Å²) in [5.74, 6) is 5.00. The lowest BCUT2D eigenvalue weighted by atomic mass is 10.1. The molecule has 0 aliphatic carbocycles. The van der Waals surface area contributed by atoms with E-state index in [9.17, 15) is 4.79 Å². The summed E-state index contributed by atoms with van der Waals surface area (Å²) < 4.78 is 0. The van der Waals surface area contributed by atoms with Gasteiger partial charge in [-0.15, -0.1) is 0 Å². The maximum Gasteiger partial charge on any atom is 0.274 e. The van der Waals surface area contributed by atoms with Gasteiger partial charge in [0.2, 0.25) is 0 Å². The van der Waals surface area contributed by atoms with Gasteiger partial charge in [-0.3, -0.25) is 4.79 Å². The van der Waals surface area contributed by atoms with Crippen molar-refractivity contribution in [3.63, 3.8) is 0 Å². The first kappa shape index (κ1) is 11.6. The Labute approximate surface area is 93.8 Å². The molecule has 0 saturated heterocycles. The van der Waals surface area contributed by atoms with Gasteiger partial charge < -0.3 is 5.73 Å². The largest absolute Gasteiger partial charge is 0.375 e. The van der Waals surface area contributed by atoms with E-state index in [1.54, 1.807) is 12.1 Å². The number of nitrogens with two attached hydrogens (primary N) is 2. The number of aryl methyl sites for hydroxylation is 2. The molecule has 1 rings (SSSR count). The van der Waals surface area contributed by atoms with Crippen LogP contribution in [0.25, 0.3) is 0 Å². The molecule has 80 valence electrons. The highest BCUT2D eigenvalue weighted by atomic mass is 32.1. The maximum absolute atomic E-state index is 11.7. The minimum absolute atomic E-state index is 0.141. The lowest BCUT2D eigenvalue weighted by Gasteiger charge is -2.14. The van der Waals surface area contributed by atoms with Gasteiger partial charge in [0.25, 0.3) is 5.91 Å². The average Bonchev–Trinajstić information content (AvgIpc) is 2.19. The number of hydrazine groups is 1. The van der Waals surface area contributed by atoms with Gasteiger partial charge in [0, 0.05) is 5.56 Å². The molecule has 0 saturated carbocycles. The Kier molecular flexibility index (Phi) is 3.39. The quantitative estimate of drug-likeness (QED) is 0.320. The molecule has 4 nitrogen and oxygen atoms in total. The highest BCUT2D eigenvalue weighted by Gasteiger charge is 2.14. The van der Waals surface area contributed by atoms with Crippen LogP contribution in [0, 0.1) is 13.8 Å². The smallest absolute Gasteiger partial charge is 0.274 e. The Bertz CT molecular complexity index is 417. The van der Waals surface area contributed by atoms with Crippen molar-refractivity contribution in [2.45, 2.75) is 13.8 Å². The summed E-state index contributed by atoms with van der Waals surface area (Å²) in [7, 11) is 0. The maximum atomic E-state index is 11.7. The molecule has 5 heteroatoms. The van der Waals surface area contributed by atoms with Crippen molar-refractivity contribution in [3.8, 4) is 0 Å². The molecule has 15 heavy (non-hydrogen) atoms. The van der Waals surface area contributed by atoms with Crippen LogP contribution in [0.15, 0.2) is 18.2 Å². The van der Waals surface area contributed by atoms with Gasteiger partial charge >= 0.3 is 0 Å². The predicted molar refractivity (Wildman–Crippen MR) is 63.1 cm³/mol. The fourth-order valence-corrected chi connectivity index (χ4v) is 1.20. The van der Waals surface area contributed by atoms with E-state index in [1.165, 1.54) is 0 Å². The van der Waals surface area contributed by atoms with Crippen molar-refractivity contribution in [1.29, 1.82) is 0 Å². The number of carbonyl (C=O) groups is 1. The number of carbonyl (C=O) groups excluding carboxylic acids is 1. The van der Waals surface area contributed by atoms with Gasteiger partial charge in [-0.2, -0.15) is 0 Å². The number of thiocarbonyl (C=S) groups is 1. The van der Waals surface area contributed by atoms with Crippen LogP contribution < -0.4 is 11.6 Å². The van der Waals surface area contributed by atoms with Gasteiger partial charge in [-0.1, -0.05) is 6.07 Å². The number of hydrogen-bond acceptors (Lipinski definition) is 3. The first-order valence-electron chi connectivity index (χ1n) is 4.39. The Morgan fingerprint density at radius 2 is 1.93 bits per heavy atom. The molecular weight excluding hydrogens is 210 g/mol. The van der Waals surface area contributed by atoms with Crippen LogP contribution in [0.2, 0.25) is 0 Å². The Hall–Kier alpha value is -1.46. The van der Waals surface area contributed by atoms with Crippen molar-refractivity contribution >= 4 is 23.2 Å². The zero-order chi connectivity index (χ0) is 11.6. The molecule has 0 aromatic heterocycles. The summed E-state index contributed by atoms with van der Waals surface area (Å²) in [6.45, 7) is 3.89. The molecule has 4 N–H and O–H groups in total. The van der Waals surface area contributed by atoms with Gasteiger partial charge in [0.05, 0.1) is 0 Å². The van der Waals surface area contributed by atoms with E-state index in [0.29, 0.717) is 5.56 Å². The van der Waals surface area contributed by atoms with E-state index in [2.05, 4.69) is 12.2 Å². The molecule has 0 unspecified atom stereocenters. The van der Waals surface area contributed by atoms with Crippen LogP contribution >= 0.6 is 12.2 Å². The lowest BCUT2D eigenvalue weighted by molar-refractivity contribution is 0.0848. The number of rotatable bonds is 1. The summed E-state index contributed by atoms with van der Waals surface area (Å²) in [6, 6.07) is 5.31. The van der Waals surface area contributed by atoms with Gasteiger partial charge in [-0.25, -0.2) is 10.9 Å². The van der Waals surface area contributed by atoms with Crippen molar-refractivity contribution in [3.05, 3.63) is 34.9 Å². The van der Waals surface area contributed by atoms with Crippen LogP contribution in [0.4, 0.5) is 0 Å². The molecule has 0 spiro atoms. The van der Waals surface area contributed by atoms with E-state index >= 15 is 0 Å². The average molecular weight is 223 g/mol. The molecule has 0 heterocycles. The number of nitrogens with zero attached hydrogens (tertiary/aromatic N) is 1. The van der Waals surface area contributed by atoms with Crippen LogP contribution in [-0.4, -0.2) is 16.0 Å². The van der Waals surface area contributed by atoms with Crippen LogP contribution in [0.1, 0.15) is 21.5 Å². The van der Waals surface area contributed by atoms with Crippen molar-refractivity contribution in [1.82, 2.24) is 5.01 Å². The summed E-state index contributed by atoms with van der Waals surface area (Å²) in [4.78, 5) is 11.7. The fourth-order valence-electron chi connectivity index (χ4n) is 1.11. The van der Waals surface area contributed by atoms with Crippen LogP contribution in [0.5, 0.6) is 0 Å². The number of benzene rings is 1. The number of amides is 1. The van der Waals surface area contributed by atoms with Gasteiger partial charge in [0.1, 0.15) is 0 Å². The molecule has 1 amide bonds. The Morgan fingerprint density at radius 1 is 1.33 bits per heavy atom. The molecule has 0 bridgehead atoms. The predicted octanol–water partition coefficient (Wildman–Crippen LogP) is 0.863. The third-order valence-corrected chi connectivity index (χ3v) is 2.41. The monoisotopic (exact) mass is 223 g/mol. The van der Waals surface area contributed by atoms with Gasteiger partial charge in [-0.05, 0) is 49.3 Å². The molecule has 0 fully saturated rings. The fraction of sp³-hybridized carbons (Fsp3) is 0.200. The van der Waals surface area contributed by atoms with Gasteiger partial charge in [0.15, 0.2) is 5.11 Å². The molecule has 0 atom stereocenters.